The Morgan fingerprint density at radius 2 is 1.92 bits per heavy atom. The van der Waals surface area contributed by atoms with Crippen LogP contribution in [-0.2, 0) is 14.8 Å². The van der Waals surface area contributed by atoms with E-state index < -0.39 is 38.6 Å². The van der Waals surface area contributed by atoms with Crippen LogP contribution in [0.15, 0.2) is 40.0 Å². The molecule has 2 N–H and O–H groups in total. The van der Waals surface area contributed by atoms with E-state index >= 15 is 0 Å². The van der Waals surface area contributed by atoms with Crippen molar-refractivity contribution in [2.75, 3.05) is 18.0 Å². The molecule has 0 aliphatic carbocycles. The molecule has 1 aliphatic rings. The Bertz CT molecular complexity index is 1300. The Morgan fingerprint density at radius 3 is 2.58 bits per heavy atom. The molecule has 0 radical (unpaired) electrons. The van der Waals surface area contributed by atoms with Crippen LogP contribution in [0.4, 0.5) is 15.0 Å². The molecule has 2 aromatic rings. The van der Waals surface area contributed by atoms with Crippen LogP contribution in [0.1, 0.15) is 64.2 Å². The number of ether oxygens (including phenoxy) is 1. The van der Waals surface area contributed by atoms with E-state index in [9.17, 15) is 22.4 Å². The summed E-state index contributed by atoms with van der Waals surface area (Å²) >= 11 is 3.35. The predicted molar refractivity (Wildman–Crippen MR) is 144 cm³/mol. The Labute approximate surface area is 230 Å². The van der Waals surface area contributed by atoms with Gasteiger partial charge in [0.25, 0.3) is 15.9 Å². The Hall–Kier alpha value is -2.80. The van der Waals surface area contributed by atoms with Crippen LogP contribution >= 0.6 is 15.9 Å². The normalized spacial score (nSPS) is 17.2. The van der Waals surface area contributed by atoms with Gasteiger partial charge in [-0.2, -0.15) is 12.8 Å². The van der Waals surface area contributed by atoms with Crippen LogP contribution in [0, 0.1) is 11.9 Å². The van der Waals surface area contributed by atoms with E-state index in [0.29, 0.717) is 23.5 Å². The number of anilines is 1. The van der Waals surface area contributed by atoms with Gasteiger partial charge in [0.15, 0.2) is 5.03 Å². The number of carbonyl (C=O) groups excluding carboxylic acids is 2. The van der Waals surface area contributed by atoms with Gasteiger partial charge in [-0.15, -0.1) is 0 Å². The van der Waals surface area contributed by atoms with E-state index in [1.165, 1.54) is 12.1 Å². The Kier molecular flexibility index (Phi) is 9.02. The lowest BCUT2D eigenvalue weighted by Crippen LogP contribution is -2.41. The maximum absolute atomic E-state index is 13.5. The molecule has 0 spiro atoms. The summed E-state index contributed by atoms with van der Waals surface area (Å²) in [6.45, 7) is 10.5. The van der Waals surface area contributed by atoms with Gasteiger partial charge in [0.05, 0.1) is 5.56 Å². The molecule has 1 atom stereocenters. The molecular formula is C25H33BrFN5O5S. The van der Waals surface area contributed by atoms with Crippen molar-refractivity contribution < 1.29 is 27.1 Å². The van der Waals surface area contributed by atoms with Gasteiger partial charge in [-0.3, -0.25) is 4.79 Å². The minimum Gasteiger partial charge on any atom is -0.444 e. The zero-order chi connectivity index (χ0) is 28.3. The maximum atomic E-state index is 13.5. The van der Waals surface area contributed by atoms with Crippen LogP contribution < -0.4 is 14.9 Å². The van der Waals surface area contributed by atoms with Crippen molar-refractivity contribution in [3.63, 3.8) is 0 Å². The molecule has 10 nitrogen and oxygen atoms in total. The predicted octanol–water partition coefficient (Wildman–Crippen LogP) is 4.41. The SMILES string of the molecule is CC(C)(C)OC(=O)NCCC[C@@H]1CN(c2nc(Br)ccc2C(=O)NS(=O)(=O)c2cccc(F)n2)C(C)(C)C1. The zero-order valence-electron chi connectivity index (χ0n) is 22.0. The molecule has 0 saturated carbocycles. The fourth-order valence-electron chi connectivity index (χ4n) is 4.43. The van der Waals surface area contributed by atoms with Crippen LogP contribution in [0.5, 0.6) is 0 Å². The number of hydrogen-bond donors (Lipinski definition) is 2. The number of halogens is 2. The van der Waals surface area contributed by atoms with Gasteiger partial charge in [-0.25, -0.2) is 19.5 Å². The number of pyridine rings is 2. The number of alkyl carbamates (subject to hydrolysis) is 1. The second-order valence-corrected chi connectivity index (χ2v) is 13.2. The maximum Gasteiger partial charge on any atom is 0.407 e. The highest BCUT2D eigenvalue weighted by atomic mass is 79.9. The number of aromatic nitrogens is 2. The summed E-state index contributed by atoms with van der Waals surface area (Å²) < 4.78 is 46.5. The molecule has 38 heavy (non-hydrogen) atoms. The first-order valence-electron chi connectivity index (χ1n) is 12.2. The van der Waals surface area contributed by atoms with Crippen molar-refractivity contribution in [3.05, 3.63) is 46.4 Å². The van der Waals surface area contributed by atoms with Gasteiger partial charge in [-0.05, 0) is 100.0 Å². The van der Waals surface area contributed by atoms with Crippen molar-refractivity contribution in [2.45, 2.75) is 70.0 Å². The van der Waals surface area contributed by atoms with Gasteiger partial charge in [0.1, 0.15) is 16.0 Å². The van der Waals surface area contributed by atoms with Crippen molar-refractivity contribution >= 4 is 43.8 Å². The van der Waals surface area contributed by atoms with Gasteiger partial charge in [-0.1, -0.05) is 6.07 Å². The molecule has 1 aliphatic heterocycles. The Balaban J connectivity index is 1.72. The molecule has 1 saturated heterocycles. The molecular weight excluding hydrogens is 581 g/mol. The zero-order valence-corrected chi connectivity index (χ0v) is 24.4. The second kappa shape index (κ2) is 11.5. The summed E-state index contributed by atoms with van der Waals surface area (Å²) in [5.74, 6) is -1.29. The molecule has 13 heteroatoms. The third-order valence-electron chi connectivity index (χ3n) is 5.95. The third kappa shape index (κ3) is 7.85. The summed E-state index contributed by atoms with van der Waals surface area (Å²) in [6, 6.07) is 6.35. The van der Waals surface area contributed by atoms with Crippen molar-refractivity contribution in [1.29, 1.82) is 0 Å². The number of nitrogens with zero attached hydrogens (tertiary/aromatic N) is 3. The Morgan fingerprint density at radius 1 is 1.21 bits per heavy atom. The minimum atomic E-state index is -4.41. The van der Waals surface area contributed by atoms with Crippen LogP contribution in [0.2, 0.25) is 0 Å². The third-order valence-corrected chi connectivity index (χ3v) is 7.62. The lowest BCUT2D eigenvalue weighted by atomic mass is 9.93. The average molecular weight is 615 g/mol. The van der Waals surface area contributed by atoms with E-state index in [-0.39, 0.29) is 17.0 Å². The number of amides is 2. The highest BCUT2D eigenvalue weighted by Crippen LogP contribution is 2.39. The number of carbonyl (C=O) groups is 2. The van der Waals surface area contributed by atoms with Crippen LogP contribution in [0.25, 0.3) is 0 Å². The summed E-state index contributed by atoms with van der Waals surface area (Å²) in [5, 5.41) is 2.17. The van der Waals surface area contributed by atoms with E-state index in [0.717, 1.165) is 31.4 Å². The molecule has 0 unspecified atom stereocenters. The topological polar surface area (TPSA) is 131 Å². The van der Waals surface area contributed by atoms with Gasteiger partial charge < -0.3 is 15.0 Å². The molecule has 208 valence electrons. The number of sulfonamides is 1. The van der Waals surface area contributed by atoms with E-state index in [2.05, 4.69) is 31.2 Å². The lowest BCUT2D eigenvalue weighted by Gasteiger charge is -2.33. The quantitative estimate of drug-likeness (QED) is 0.331. The molecule has 1 fully saturated rings. The van der Waals surface area contributed by atoms with Crippen molar-refractivity contribution in [3.8, 4) is 0 Å². The molecule has 2 aromatic heterocycles. The summed E-state index contributed by atoms with van der Waals surface area (Å²) in [7, 11) is -4.41. The number of rotatable bonds is 8. The van der Waals surface area contributed by atoms with Gasteiger partial charge in [0, 0.05) is 18.6 Å². The highest BCUT2D eigenvalue weighted by molar-refractivity contribution is 9.10. The first-order chi connectivity index (χ1) is 17.6. The molecule has 0 aromatic carbocycles. The fourth-order valence-corrected chi connectivity index (χ4v) is 5.65. The summed E-state index contributed by atoms with van der Waals surface area (Å²) in [4.78, 5) is 34.9. The number of nitrogens with one attached hydrogen (secondary N) is 2. The van der Waals surface area contributed by atoms with Crippen LogP contribution in [-0.4, -0.2) is 54.6 Å². The lowest BCUT2D eigenvalue weighted by molar-refractivity contribution is 0.0526. The largest absolute Gasteiger partial charge is 0.444 e. The van der Waals surface area contributed by atoms with E-state index in [1.54, 1.807) is 26.8 Å². The molecule has 0 bridgehead atoms. The van der Waals surface area contributed by atoms with Crippen molar-refractivity contribution in [1.82, 2.24) is 20.0 Å². The number of hydrogen-bond acceptors (Lipinski definition) is 8. The van der Waals surface area contributed by atoms with Crippen molar-refractivity contribution in [2.24, 2.45) is 5.92 Å². The van der Waals surface area contributed by atoms with Gasteiger partial charge in [0.2, 0.25) is 5.95 Å². The van der Waals surface area contributed by atoms with Gasteiger partial charge >= 0.3 is 6.09 Å². The monoisotopic (exact) mass is 613 g/mol. The highest BCUT2D eigenvalue weighted by Gasteiger charge is 2.40. The molecule has 2 amide bonds. The van der Waals surface area contributed by atoms with E-state index in [1.807, 2.05) is 23.5 Å². The molecule has 3 rings (SSSR count). The minimum absolute atomic E-state index is 0.0634. The van der Waals surface area contributed by atoms with E-state index in [4.69, 9.17) is 4.74 Å². The molecule has 3 heterocycles. The first kappa shape index (κ1) is 29.8. The summed E-state index contributed by atoms with van der Waals surface area (Å²) in [6.07, 6.45) is 1.92. The fraction of sp³-hybridized carbons (Fsp3) is 0.520. The summed E-state index contributed by atoms with van der Waals surface area (Å²) in [5.41, 5.74) is -0.878. The van der Waals surface area contributed by atoms with Crippen LogP contribution in [0.3, 0.4) is 0 Å². The smallest absolute Gasteiger partial charge is 0.407 e. The standard InChI is InChI=1S/C25H33BrFN5O5S/c1-24(2,3)37-23(34)28-13-7-8-16-14-25(4,5)32(15-16)21-17(11-12-18(26)29-21)22(33)31-38(35,36)20-10-6-9-19(27)30-20/h6,9-12,16H,7-8,13-15H2,1-5H3,(H,28,34)(H,31,33)/t16-/m0/s1. The average Bonchev–Trinajstić information content (AvgIpc) is 3.09. The first-order valence-corrected chi connectivity index (χ1v) is 14.5. The second-order valence-electron chi connectivity index (χ2n) is 10.8.